The predicted molar refractivity (Wildman–Crippen MR) is 101 cm³/mol. The summed E-state index contributed by atoms with van der Waals surface area (Å²) in [5, 5.41) is 0. The highest BCUT2D eigenvalue weighted by Crippen LogP contribution is 2.32. The summed E-state index contributed by atoms with van der Waals surface area (Å²) in [5.41, 5.74) is 0.992. The Balaban J connectivity index is 1.64. The van der Waals surface area contributed by atoms with Crippen LogP contribution in [-0.2, 0) is 10.0 Å². The van der Waals surface area contributed by atoms with Crippen molar-refractivity contribution in [2.24, 2.45) is 5.92 Å². The van der Waals surface area contributed by atoms with Gasteiger partial charge in [0.15, 0.2) is 0 Å². The predicted octanol–water partition coefficient (Wildman–Crippen LogP) is 2.65. The smallest absolute Gasteiger partial charge is 0.243 e. The molecule has 1 N–H and O–H groups in total. The lowest BCUT2D eigenvalue weighted by Gasteiger charge is -2.21. The van der Waals surface area contributed by atoms with Crippen LogP contribution < -0.4 is 19.1 Å². The summed E-state index contributed by atoms with van der Waals surface area (Å²) in [4.78, 5) is 1.80. The molecular weight excluding hydrogens is 371 g/mol. The second kappa shape index (κ2) is 8.14. The summed E-state index contributed by atoms with van der Waals surface area (Å²) in [5.74, 6) is 0.364. The molecule has 0 saturated carbocycles. The summed E-state index contributed by atoms with van der Waals surface area (Å²) in [6.07, 6.45) is 0.839. The lowest BCUT2D eigenvalue weighted by atomic mass is 10.1. The molecule has 0 spiro atoms. The SMILES string of the molecule is COc1ccc(S(=O)(=O)NC[C@H]2CCN(c3ccccc3OC)C2)c(F)c1. The first-order chi connectivity index (χ1) is 12.9. The van der Waals surface area contributed by atoms with Gasteiger partial charge < -0.3 is 14.4 Å². The first-order valence-electron chi connectivity index (χ1n) is 8.66. The molecule has 2 aromatic carbocycles. The number of sulfonamides is 1. The maximum absolute atomic E-state index is 14.1. The molecule has 1 heterocycles. The van der Waals surface area contributed by atoms with Gasteiger partial charge in [-0.25, -0.2) is 17.5 Å². The van der Waals surface area contributed by atoms with Crippen LogP contribution in [-0.4, -0.2) is 42.3 Å². The van der Waals surface area contributed by atoms with E-state index < -0.39 is 15.8 Å². The van der Waals surface area contributed by atoms with Gasteiger partial charge in [-0.05, 0) is 36.6 Å². The number of methoxy groups -OCH3 is 2. The average molecular weight is 394 g/mol. The molecule has 8 heteroatoms. The summed E-state index contributed by atoms with van der Waals surface area (Å²) in [6, 6.07) is 11.4. The van der Waals surface area contributed by atoms with Crippen LogP contribution >= 0.6 is 0 Å². The van der Waals surface area contributed by atoms with Gasteiger partial charge in [0.05, 0.1) is 19.9 Å². The quantitative estimate of drug-likeness (QED) is 0.782. The number of hydrogen-bond donors (Lipinski definition) is 1. The maximum Gasteiger partial charge on any atom is 0.243 e. The molecule has 1 aliphatic rings. The highest BCUT2D eigenvalue weighted by Gasteiger charge is 2.27. The van der Waals surface area contributed by atoms with E-state index in [1.807, 2.05) is 24.3 Å². The number of halogens is 1. The Morgan fingerprint density at radius 1 is 1.19 bits per heavy atom. The number of hydrogen-bond acceptors (Lipinski definition) is 5. The van der Waals surface area contributed by atoms with E-state index in [4.69, 9.17) is 9.47 Å². The Morgan fingerprint density at radius 3 is 2.67 bits per heavy atom. The molecule has 0 amide bonds. The molecule has 0 unspecified atom stereocenters. The fourth-order valence-corrected chi connectivity index (χ4v) is 4.41. The van der Waals surface area contributed by atoms with Crippen molar-refractivity contribution in [3.63, 3.8) is 0 Å². The molecule has 1 fully saturated rings. The molecule has 27 heavy (non-hydrogen) atoms. The van der Waals surface area contributed by atoms with E-state index in [0.717, 1.165) is 30.5 Å². The van der Waals surface area contributed by atoms with Crippen molar-refractivity contribution in [3.05, 3.63) is 48.3 Å². The van der Waals surface area contributed by atoms with Crippen LogP contribution in [0, 0.1) is 11.7 Å². The van der Waals surface area contributed by atoms with E-state index in [-0.39, 0.29) is 23.1 Å². The topological polar surface area (TPSA) is 67.9 Å². The van der Waals surface area contributed by atoms with E-state index in [0.29, 0.717) is 6.54 Å². The average Bonchev–Trinajstić information content (AvgIpc) is 3.15. The van der Waals surface area contributed by atoms with Crippen molar-refractivity contribution in [2.75, 3.05) is 38.8 Å². The van der Waals surface area contributed by atoms with Crippen LogP contribution in [0.1, 0.15) is 6.42 Å². The lowest BCUT2D eigenvalue weighted by Crippen LogP contribution is -2.31. The Bertz CT molecular complexity index is 904. The van der Waals surface area contributed by atoms with E-state index in [2.05, 4.69) is 9.62 Å². The first-order valence-corrected chi connectivity index (χ1v) is 10.1. The van der Waals surface area contributed by atoms with Gasteiger partial charge in [-0.3, -0.25) is 0 Å². The molecule has 6 nitrogen and oxygen atoms in total. The third-order valence-electron chi connectivity index (χ3n) is 4.70. The van der Waals surface area contributed by atoms with Crippen LogP contribution in [0.5, 0.6) is 11.5 Å². The van der Waals surface area contributed by atoms with Crippen molar-refractivity contribution < 1.29 is 22.3 Å². The zero-order valence-corrected chi connectivity index (χ0v) is 16.1. The number of rotatable bonds is 7. The molecule has 0 aliphatic carbocycles. The number of para-hydroxylation sites is 2. The molecule has 0 bridgehead atoms. The highest BCUT2D eigenvalue weighted by atomic mass is 32.2. The minimum atomic E-state index is -3.92. The Morgan fingerprint density at radius 2 is 1.96 bits per heavy atom. The molecule has 3 rings (SSSR count). The summed E-state index contributed by atoms with van der Waals surface area (Å²) < 4.78 is 51.8. The highest BCUT2D eigenvalue weighted by molar-refractivity contribution is 7.89. The van der Waals surface area contributed by atoms with Crippen molar-refractivity contribution >= 4 is 15.7 Å². The minimum absolute atomic E-state index is 0.131. The lowest BCUT2D eigenvalue weighted by molar-refractivity contribution is 0.409. The van der Waals surface area contributed by atoms with Gasteiger partial charge in [0, 0.05) is 25.7 Å². The monoisotopic (exact) mass is 394 g/mol. The van der Waals surface area contributed by atoms with Gasteiger partial charge in [-0.15, -0.1) is 0 Å². The summed E-state index contributed by atoms with van der Waals surface area (Å²) in [6.45, 7) is 1.76. The molecule has 146 valence electrons. The number of nitrogens with one attached hydrogen (secondary N) is 1. The van der Waals surface area contributed by atoms with Crippen LogP contribution in [0.25, 0.3) is 0 Å². The first kappa shape index (κ1) is 19.4. The minimum Gasteiger partial charge on any atom is -0.497 e. The Hall–Kier alpha value is -2.32. The zero-order chi connectivity index (χ0) is 19.4. The van der Waals surface area contributed by atoms with Crippen LogP contribution in [0.3, 0.4) is 0 Å². The third-order valence-corrected chi connectivity index (χ3v) is 6.16. The fraction of sp³-hybridized carbons (Fsp3) is 0.368. The van der Waals surface area contributed by atoms with Gasteiger partial charge in [0.2, 0.25) is 10.0 Å². The number of ether oxygens (including phenoxy) is 2. The van der Waals surface area contributed by atoms with Crippen molar-refractivity contribution in [2.45, 2.75) is 11.3 Å². The maximum atomic E-state index is 14.1. The van der Waals surface area contributed by atoms with Gasteiger partial charge >= 0.3 is 0 Å². The second-order valence-corrected chi connectivity index (χ2v) is 8.16. The van der Waals surface area contributed by atoms with E-state index in [9.17, 15) is 12.8 Å². The second-order valence-electron chi connectivity index (χ2n) is 6.42. The summed E-state index contributed by atoms with van der Waals surface area (Å²) in [7, 11) is -0.896. The van der Waals surface area contributed by atoms with E-state index >= 15 is 0 Å². The molecule has 1 aliphatic heterocycles. The molecule has 0 radical (unpaired) electrons. The number of nitrogens with zero attached hydrogens (tertiary/aromatic N) is 1. The van der Waals surface area contributed by atoms with Crippen molar-refractivity contribution in [1.82, 2.24) is 4.72 Å². The third kappa shape index (κ3) is 4.33. The largest absolute Gasteiger partial charge is 0.497 e. The standard InChI is InChI=1S/C19H23FN2O4S/c1-25-15-7-8-19(16(20)11-15)27(23,24)21-12-14-9-10-22(13-14)17-5-3-4-6-18(17)26-2/h3-8,11,14,21H,9-10,12-13H2,1-2H3/t14-/m1/s1. The van der Waals surface area contributed by atoms with E-state index in [1.54, 1.807) is 7.11 Å². The number of anilines is 1. The van der Waals surface area contributed by atoms with Crippen molar-refractivity contribution in [3.8, 4) is 11.5 Å². The molecule has 2 aromatic rings. The van der Waals surface area contributed by atoms with Gasteiger partial charge in [0.25, 0.3) is 0 Å². The zero-order valence-electron chi connectivity index (χ0n) is 15.3. The van der Waals surface area contributed by atoms with Gasteiger partial charge in [0.1, 0.15) is 22.2 Å². The fourth-order valence-electron chi connectivity index (χ4n) is 3.24. The van der Waals surface area contributed by atoms with Crippen LogP contribution in [0.4, 0.5) is 10.1 Å². The normalized spacial score (nSPS) is 17.1. The van der Waals surface area contributed by atoms with E-state index in [1.165, 1.54) is 19.2 Å². The van der Waals surface area contributed by atoms with Crippen LogP contribution in [0.2, 0.25) is 0 Å². The number of benzene rings is 2. The Kier molecular flexibility index (Phi) is 5.86. The van der Waals surface area contributed by atoms with Crippen LogP contribution in [0.15, 0.2) is 47.4 Å². The van der Waals surface area contributed by atoms with Gasteiger partial charge in [-0.1, -0.05) is 12.1 Å². The van der Waals surface area contributed by atoms with Crippen molar-refractivity contribution in [1.29, 1.82) is 0 Å². The van der Waals surface area contributed by atoms with Gasteiger partial charge in [-0.2, -0.15) is 0 Å². The molecule has 0 aromatic heterocycles. The Labute approximate surface area is 159 Å². The summed E-state index contributed by atoms with van der Waals surface area (Å²) >= 11 is 0. The molecule has 1 saturated heterocycles. The molecular formula is C19H23FN2O4S. The molecule has 1 atom stereocenters.